The minimum Gasteiger partial charge on any atom is -0.453 e. The van der Waals surface area contributed by atoms with Crippen LogP contribution in [0, 0.1) is 0 Å². The third-order valence-corrected chi connectivity index (χ3v) is 5.20. The van der Waals surface area contributed by atoms with Crippen molar-refractivity contribution in [3.8, 4) is 0 Å². The first kappa shape index (κ1) is 22.3. The van der Waals surface area contributed by atoms with Crippen LogP contribution in [-0.4, -0.2) is 81.3 Å². The smallest absolute Gasteiger partial charge is 0.409 e. The number of guanidine groups is 1. The van der Waals surface area contributed by atoms with E-state index in [0.717, 1.165) is 51.0 Å². The first-order valence-corrected chi connectivity index (χ1v) is 9.14. The van der Waals surface area contributed by atoms with Gasteiger partial charge in [-0.2, -0.15) is 0 Å². The summed E-state index contributed by atoms with van der Waals surface area (Å²) >= 11 is 0. The molecule has 0 bridgehead atoms. The minimum atomic E-state index is -0.231. The first-order valence-electron chi connectivity index (χ1n) is 9.14. The molecule has 2 aliphatic rings. The third kappa shape index (κ3) is 7.16. The Bertz CT molecular complexity index is 421. The summed E-state index contributed by atoms with van der Waals surface area (Å²) in [5, 5.41) is 6.88. The van der Waals surface area contributed by atoms with E-state index in [2.05, 4.69) is 27.6 Å². The summed E-state index contributed by atoms with van der Waals surface area (Å²) in [5.74, 6) is 0.853. The van der Waals surface area contributed by atoms with Gasteiger partial charge in [-0.1, -0.05) is 12.8 Å². The second kappa shape index (κ2) is 11.8. The number of likely N-dealkylation sites (tertiary alicyclic amines) is 1. The highest BCUT2D eigenvalue weighted by atomic mass is 127. The number of carbonyl (C=O) groups excluding carboxylic acids is 1. The predicted octanol–water partition coefficient (Wildman–Crippen LogP) is 1.87. The van der Waals surface area contributed by atoms with Crippen LogP contribution in [0.5, 0.6) is 0 Å². The van der Waals surface area contributed by atoms with Gasteiger partial charge in [-0.3, -0.25) is 4.99 Å². The number of rotatable bonds is 5. The van der Waals surface area contributed by atoms with E-state index in [9.17, 15) is 4.79 Å². The molecule has 1 heterocycles. The van der Waals surface area contributed by atoms with Gasteiger partial charge in [0.05, 0.1) is 7.11 Å². The van der Waals surface area contributed by atoms with Crippen LogP contribution in [0.25, 0.3) is 0 Å². The van der Waals surface area contributed by atoms with Crippen molar-refractivity contribution in [2.45, 2.75) is 50.6 Å². The van der Waals surface area contributed by atoms with Crippen LogP contribution in [0.1, 0.15) is 38.5 Å². The molecule has 1 amide bonds. The molecule has 0 atom stereocenters. The summed E-state index contributed by atoms with van der Waals surface area (Å²) in [6.07, 6.45) is 7.01. The van der Waals surface area contributed by atoms with Gasteiger partial charge in [0.2, 0.25) is 0 Å². The minimum absolute atomic E-state index is 0. The number of nitrogens with zero attached hydrogens (tertiary/aromatic N) is 3. The number of piperidine rings is 1. The SMILES string of the molecule is CN=C(NCCN(C)C1CCCC1)NC1CCN(C(=O)OC)CC1.I. The Balaban J connectivity index is 0.00000312. The Morgan fingerprint density at radius 3 is 2.44 bits per heavy atom. The van der Waals surface area contributed by atoms with E-state index in [1.54, 1.807) is 11.9 Å². The molecule has 7 nitrogen and oxygen atoms in total. The van der Waals surface area contributed by atoms with Gasteiger partial charge in [0.1, 0.15) is 0 Å². The fraction of sp³-hybridized carbons (Fsp3) is 0.882. The Hall–Kier alpha value is -0.770. The molecule has 0 unspecified atom stereocenters. The molecule has 2 rings (SSSR count). The maximum Gasteiger partial charge on any atom is 0.409 e. The molecule has 0 radical (unpaired) electrons. The van der Waals surface area contributed by atoms with Crippen molar-refractivity contribution in [3.63, 3.8) is 0 Å². The molecule has 1 saturated carbocycles. The number of amides is 1. The van der Waals surface area contributed by atoms with E-state index in [4.69, 9.17) is 4.74 Å². The van der Waals surface area contributed by atoms with Crippen LogP contribution >= 0.6 is 24.0 Å². The van der Waals surface area contributed by atoms with Crippen LogP contribution in [-0.2, 0) is 4.74 Å². The molecule has 1 saturated heterocycles. The van der Waals surface area contributed by atoms with Gasteiger partial charge < -0.3 is 25.2 Å². The zero-order valence-corrected chi connectivity index (χ0v) is 18.1. The van der Waals surface area contributed by atoms with Crippen molar-refractivity contribution in [2.24, 2.45) is 4.99 Å². The van der Waals surface area contributed by atoms with Crippen LogP contribution in [0.15, 0.2) is 4.99 Å². The Labute approximate surface area is 169 Å². The van der Waals surface area contributed by atoms with Gasteiger partial charge in [0, 0.05) is 45.3 Å². The molecular formula is C17H34IN5O2. The van der Waals surface area contributed by atoms with Gasteiger partial charge in [-0.05, 0) is 32.7 Å². The van der Waals surface area contributed by atoms with Crippen LogP contribution in [0.3, 0.4) is 0 Å². The average Bonchev–Trinajstić information content (AvgIpc) is 3.15. The van der Waals surface area contributed by atoms with E-state index < -0.39 is 0 Å². The fourth-order valence-electron chi connectivity index (χ4n) is 3.60. The highest BCUT2D eigenvalue weighted by Crippen LogP contribution is 2.21. The summed E-state index contributed by atoms with van der Waals surface area (Å²) in [4.78, 5) is 20.0. The zero-order valence-electron chi connectivity index (χ0n) is 15.8. The van der Waals surface area contributed by atoms with Gasteiger partial charge in [-0.25, -0.2) is 4.79 Å². The number of methoxy groups -OCH3 is 1. The number of hydrogen-bond donors (Lipinski definition) is 2. The number of likely N-dealkylation sites (N-methyl/N-ethyl adjacent to an activating group) is 1. The van der Waals surface area contributed by atoms with Crippen molar-refractivity contribution in [3.05, 3.63) is 0 Å². The Morgan fingerprint density at radius 1 is 1.24 bits per heavy atom. The second-order valence-corrected chi connectivity index (χ2v) is 6.79. The largest absolute Gasteiger partial charge is 0.453 e. The topological polar surface area (TPSA) is 69.2 Å². The standard InChI is InChI=1S/C17H33N5O2.HI/c1-18-16(19-10-13-21(2)15-6-4-5-7-15)20-14-8-11-22(12-9-14)17(23)24-3;/h14-15H,4-13H2,1-3H3,(H2,18,19,20);1H. The van der Waals surface area contributed by atoms with E-state index in [0.29, 0.717) is 6.04 Å². The average molecular weight is 467 g/mol. The quantitative estimate of drug-likeness (QED) is 0.367. The number of carbonyl (C=O) groups is 1. The molecule has 2 N–H and O–H groups in total. The molecule has 2 fully saturated rings. The summed E-state index contributed by atoms with van der Waals surface area (Å²) in [5.41, 5.74) is 0. The van der Waals surface area contributed by atoms with E-state index >= 15 is 0 Å². The number of aliphatic imine (C=N–C) groups is 1. The summed E-state index contributed by atoms with van der Waals surface area (Å²) in [6.45, 7) is 3.39. The lowest BCUT2D eigenvalue weighted by Crippen LogP contribution is -2.50. The van der Waals surface area contributed by atoms with E-state index in [-0.39, 0.29) is 30.1 Å². The summed E-state index contributed by atoms with van der Waals surface area (Å²) in [7, 11) is 5.46. The highest BCUT2D eigenvalue weighted by Gasteiger charge is 2.24. The van der Waals surface area contributed by atoms with Crippen molar-refractivity contribution in [1.82, 2.24) is 20.4 Å². The Kier molecular flexibility index (Phi) is 10.5. The van der Waals surface area contributed by atoms with Crippen molar-refractivity contribution >= 4 is 36.0 Å². The summed E-state index contributed by atoms with van der Waals surface area (Å²) in [6, 6.07) is 1.11. The monoisotopic (exact) mass is 467 g/mol. The van der Waals surface area contributed by atoms with Crippen LogP contribution in [0.4, 0.5) is 4.79 Å². The first-order chi connectivity index (χ1) is 11.6. The number of hydrogen-bond acceptors (Lipinski definition) is 4. The zero-order chi connectivity index (χ0) is 17.4. The van der Waals surface area contributed by atoms with E-state index in [1.807, 2.05) is 0 Å². The van der Waals surface area contributed by atoms with Crippen LogP contribution in [0.2, 0.25) is 0 Å². The molecule has 146 valence electrons. The lowest BCUT2D eigenvalue weighted by atomic mass is 10.1. The highest BCUT2D eigenvalue weighted by molar-refractivity contribution is 14.0. The fourth-order valence-corrected chi connectivity index (χ4v) is 3.60. The molecular weight excluding hydrogens is 433 g/mol. The van der Waals surface area contributed by atoms with Gasteiger partial charge in [0.15, 0.2) is 5.96 Å². The third-order valence-electron chi connectivity index (χ3n) is 5.20. The van der Waals surface area contributed by atoms with Gasteiger partial charge in [0.25, 0.3) is 0 Å². The number of ether oxygens (including phenoxy) is 1. The molecule has 0 spiro atoms. The normalized spacial score (nSPS) is 19.7. The maximum absolute atomic E-state index is 11.5. The molecule has 1 aliphatic heterocycles. The molecule has 0 aromatic carbocycles. The van der Waals surface area contributed by atoms with Gasteiger partial charge in [-0.15, -0.1) is 24.0 Å². The summed E-state index contributed by atoms with van der Waals surface area (Å²) < 4.78 is 4.77. The Morgan fingerprint density at radius 2 is 1.88 bits per heavy atom. The van der Waals surface area contributed by atoms with Crippen molar-refractivity contribution < 1.29 is 9.53 Å². The van der Waals surface area contributed by atoms with Crippen molar-refractivity contribution in [2.75, 3.05) is 47.4 Å². The lowest BCUT2D eigenvalue weighted by molar-refractivity contribution is 0.111. The molecule has 8 heteroatoms. The molecule has 1 aliphatic carbocycles. The van der Waals surface area contributed by atoms with Gasteiger partial charge >= 0.3 is 6.09 Å². The second-order valence-electron chi connectivity index (χ2n) is 6.79. The maximum atomic E-state index is 11.5. The molecule has 0 aromatic rings. The molecule has 0 aromatic heterocycles. The van der Waals surface area contributed by atoms with E-state index in [1.165, 1.54) is 32.8 Å². The van der Waals surface area contributed by atoms with Crippen LogP contribution < -0.4 is 10.6 Å². The molecule has 25 heavy (non-hydrogen) atoms. The number of halogens is 1. The predicted molar refractivity (Wildman–Crippen MR) is 112 cm³/mol. The lowest BCUT2D eigenvalue weighted by Gasteiger charge is -2.32. The van der Waals surface area contributed by atoms with Crippen molar-refractivity contribution in [1.29, 1.82) is 0 Å². The number of nitrogens with one attached hydrogen (secondary N) is 2.